The van der Waals surface area contributed by atoms with Crippen LogP contribution >= 0.6 is 15.9 Å². The summed E-state index contributed by atoms with van der Waals surface area (Å²) in [5, 5.41) is 13.9. The number of nitrogens with zero attached hydrogens (tertiary/aromatic N) is 1. The fourth-order valence-corrected chi connectivity index (χ4v) is 2.11. The van der Waals surface area contributed by atoms with E-state index in [-0.39, 0.29) is 15.8 Å². The molecule has 5 nitrogen and oxygen atoms in total. The Morgan fingerprint density at radius 2 is 2.00 bits per heavy atom. The van der Waals surface area contributed by atoms with Gasteiger partial charge >= 0.3 is 0 Å². The van der Waals surface area contributed by atoms with Crippen LogP contribution in [-0.2, 0) is 6.54 Å². The molecule has 0 atom stereocenters. The number of benzene rings is 2. The molecule has 21 heavy (non-hydrogen) atoms. The monoisotopic (exact) mass is 354 g/mol. The molecule has 1 N–H and O–H groups in total. The minimum Gasteiger partial charge on any atom is -0.497 e. The highest BCUT2D eigenvalue weighted by atomic mass is 79.9. The molecule has 2 aromatic rings. The van der Waals surface area contributed by atoms with Crippen molar-refractivity contribution in [3.63, 3.8) is 0 Å². The van der Waals surface area contributed by atoms with E-state index >= 15 is 0 Å². The zero-order chi connectivity index (χ0) is 15.4. The molecule has 0 spiro atoms. The average molecular weight is 355 g/mol. The second-order valence-corrected chi connectivity index (χ2v) is 5.10. The number of methoxy groups -OCH3 is 1. The molecule has 0 aliphatic rings. The van der Waals surface area contributed by atoms with Crippen molar-refractivity contribution >= 4 is 27.3 Å². The topological polar surface area (TPSA) is 64.4 Å². The second kappa shape index (κ2) is 6.53. The van der Waals surface area contributed by atoms with Crippen LogP contribution in [0.2, 0.25) is 0 Å². The predicted molar refractivity (Wildman–Crippen MR) is 81.1 cm³/mol. The van der Waals surface area contributed by atoms with Crippen molar-refractivity contribution in [2.75, 3.05) is 12.4 Å². The lowest BCUT2D eigenvalue weighted by molar-refractivity contribution is -0.384. The molecular weight excluding hydrogens is 343 g/mol. The largest absolute Gasteiger partial charge is 0.497 e. The Morgan fingerprint density at radius 1 is 1.33 bits per heavy atom. The van der Waals surface area contributed by atoms with Crippen LogP contribution in [0.15, 0.2) is 40.9 Å². The second-order valence-electron chi connectivity index (χ2n) is 4.24. The first-order valence-electron chi connectivity index (χ1n) is 6.01. The lowest BCUT2D eigenvalue weighted by Crippen LogP contribution is -2.03. The lowest BCUT2D eigenvalue weighted by Gasteiger charge is -2.09. The van der Waals surface area contributed by atoms with Gasteiger partial charge in [0, 0.05) is 6.54 Å². The Balaban J connectivity index is 2.18. The molecule has 0 aliphatic carbocycles. The van der Waals surface area contributed by atoms with Gasteiger partial charge in [0.05, 0.1) is 22.6 Å². The van der Waals surface area contributed by atoms with Crippen molar-refractivity contribution in [1.29, 1.82) is 0 Å². The molecule has 0 heterocycles. The summed E-state index contributed by atoms with van der Waals surface area (Å²) < 4.78 is 18.6. The molecule has 0 radical (unpaired) electrons. The van der Waals surface area contributed by atoms with E-state index < -0.39 is 10.7 Å². The summed E-state index contributed by atoms with van der Waals surface area (Å²) in [7, 11) is 1.58. The molecule has 0 saturated heterocycles. The van der Waals surface area contributed by atoms with Crippen molar-refractivity contribution in [3.8, 4) is 5.75 Å². The number of hydrogen-bond donors (Lipinski definition) is 1. The van der Waals surface area contributed by atoms with Gasteiger partial charge < -0.3 is 10.1 Å². The van der Waals surface area contributed by atoms with E-state index in [0.717, 1.165) is 17.4 Å². The average Bonchev–Trinajstić information content (AvgIpc) is 2.48. The highest BCUT2D eigenvalue weighted by Gasteiger charge is 2.17. The molecule has 0 aromatic heterocycles. The molecule has 2 rings (SSSR count). The maximum absolute atomic E-state index is 13.4. The number of halogens is 2. The molecule has 110 valence electrons. The Bertz CT molecular complexity index is 662. The van der Waals surface area contributed by atoms with Gasteiger partial charge in [0.1, 0.15) is 17.3 Å². The van der Waals surface area contributed by atoms with Crippen LogP contribution in [0.4, 0.5) is 15.8 Å². The van der Waals surface area contributed by atoms with E-state index in [1.165, 1.54) is 6.07 Å². The first-order chi connectivity index (χ1) is 10.0. The summed E-state index contributed by atoms with van der Waals surface area (Å²) >= 11 is 3.02. The summed E-state index contributed by atoms with van der Waals surface area (Å²) in [5.74, 6) is 0.0611. The third-order valence-electron chi connectivity index (χ3n) is 2.88. The highest BCUT2D eigenvalue weighted by Crippen LogP contribution is 2.30. The molecule has 2 aromatic carbocycles. The summed E-state index contributed by atoms with van der Waals surface area (Å²) in [4.78, 5) is 10.3. The number of nitrogens with one attached hydrogen (secondary N) is 1. The van der Waals surface area contributed by atoms with Gasteiger partial charge in [-0.25, -0.2) is 4.39 Å². The zero-order valence-corrected chi connectivity index (χ0v) is 12.7. The zero-order valence-electron chi connectivity index (χ0n) is 11.1. The van der Waals surface area contributed by atoms with Crippen molar-refractivity contribution in [1.82, 2.24) is 0 Å². The summed E-state index contributed by atoms with van der Waals surface area (Å²) in [6.45, 7) is 0.378. The minimum atomic E-state index is -0.670. The van der Waals surface area contributed by atoms with Crippen LogP contribution in [0, 0.1) is 15.9 Å². The van der Waals surface area contributed by atoms with E-state index in [1.54, 1.807) is 19.2 Å². The number of nitro benzene ring substituents is 1. The maximum Gasteiger partial charge on any atom is 0.295 e. The molecule has 7 heteroatoms. The fourth-order valence-electron chi connectivity index (χ4n) is 1.77. The van der Waals surface area contributed by atoms with Crippen LogP contribution < -0.4 is 10.1 Å². The third kappa shape index (κ3) is 3.69. The SMILES string of the molecule is COc1ccc(CNc2cc(Br)c(F)cc2[N+](=O)[O-])cc1. The number of anilines is 1. The molecule has 0 saturated carbocycles. The normalized spacial score (nSPS) is 10.2. The predicted octanol–water partition coefficient (Wildman–Crippen LogP) is 4.12. The lowest BCUT2D eigenvalue weighted by atomic mass is 10.2. The van der Waals surface area contributed by atoms with Gasteiger partial charge in [0.15, 0.2) is 0 Å². The molecule has 0 amide bonds. The van der Waals surface area contributed by atoms with Crippen molar-refractivity contribution in [2.24, 2.45) is 0 Å². The summed E-state index contributed by atoms with van der Waals surface area (Å²) in [6, 6.07) is 9.53. The minimum absolute atomic E-state index is 0.172. The van der Waals surface area contributed by atoms with Crippen molar-refractivity contribution in [2.45, 2.75) is 6.54 Å². The quantitative estimate of drug-likeness (QED) is 0.647. The highest BCUT2D eigenvalue weighted by molar-refractivity contribution is 9.10. The number of hydrogen-bond acceptors (Lipinski definition) is 4. The van der Waals surface area contributed by atoms with E-state index in [0.29, 0.717) is 6.54 Å². The van der Waals surface area contributed by atoms with Crippen molar-refractivity contribution < 1.29 is 14.1 Å². The number of rotatable bonds is 5. The first kappa shape index (κ1) is 15.2. The van der Waals surface area contributed by atoms with E-state index in [4.69, 9.17) is 4.74 Å². The maximum atomic E-state index is 13.4. The molecular formula is C14H12BrFN2O3. The van der Waals surface area contributed by atoms with E-state index in [2.05, 4.69) is 21.2 Å². The van der Waals surface area contributed by atoms with Crippen LogP contribution in [0.25, 0.3) is 0 Å². The molecule has 0 unspecified atom stereocenters. The molecule has 0 fully saturated rings. The Morgan fingerprint density at radius 3 is 2.57 bits per heavy atom. The van der Waals surface area contributed by atoms with Gasteiger partial charge in [-0.1, -0.05) is 12.1 Å². The number of nitro groups is 1. The van der Waals surface area contributed by atoms with Gasteiger partial charge in [-0.05, 0) is 39.7 Å². The Labute approximate surface area is 129 Å². The standard InChI is InChI=1S/C14H12BrFN2O3/c1-21-10-4-2-9(3-5-10)8-17-13-6-11(15)12(16)7-14(13)18(19)20/h2-7,17H,8H2,1H3. The van der Waals surface area contributed by atoms with Crippen LogP contribution in [-0.4, -0.2) is 12.0 Å². The van der Waals surface area contributed by atoms with Gasteiger partial charge in [0.25, 0.3) is 5.69 Å². The fraction of sp³-hybridized carbons (Fsp3) is 0.143. The Hall–Kier alpha value is -2.15. The number of ether oxygens (including phenoxy) is 1. The van der Waals surface area contributed by atoms with Gasteiger partial charge in [0.2, 0.25) is 0 Å². The molecule has 0 bridgehead atoms. The third-order valence-corrected chi connectivity index (χ3v) is 3.49. The van der Waals surface area contributed by atoms with E-state index in [1.807, 2.05) is 12.1 Å². The van der Waals surface area contributed by atoms with Crippen LogP contribution in [0.1, 0.15) is 5.56 Å². The smallest absolute Gasteiger partial charge is 0.295 e. The van der Waals surface area contributed by atoms with Crippen LogP contribution in [0.3, 0.4) is 0 Å². The van der Waals surface area contributed by atoms with Crippen molar-refractivity contribution in [3.05, 3.63) is 62.4 Å². The van der Waals surface area contributed by atoms with Gasteiger partial charge in [-0.2, -0.15) is 0 Å². The summed E-state index contributed by atoms with van der Waals surface area (Å²) in [5.41, 5.74) is 0.874. The first-order valence-corrected chi connectivity index (χ1v) is 6.81. The Kier molecular flexibility index (Phi) is 4.74. The van der Waals surface area contributed by atoms with Gasteiger partial charge in [-0.3, -0.25) is 10.1 Å². The molecule has 0 aliphatic heterocycles. The summed E-state index contributed by atoms with van der Waals surface area (Å²) in [6.07, 6.45) is 0. The van der Waals surface area contributed by atoms with E-state index in [9.17, 15) is 14.5 Å². The van der Waals surface area contributed by atoms with Gasteiger partial charge in [-0.15, -0.1) is 0 Å². The van der Waals surface area contributed by atoms with Crippen LogP contribution in [0.5, 0.6) is 5.75 Å².